The second kappa shape index (κ2) is 10.8. The normalized spacial score (nSPS) is 27.5. The molecule has 0 radical (unpaired) electrons. The van der Waals surface area contributed by atoms with Gasteiger partial charge in [-0.25, -0.2) is 4.79 Å². The molecule has 3 heterocycles. The Hall–Kier alpha value is -2.71. The number of anilines is 1. The number of benzene rings is 2. The van der Waals surface area contributed by atoms with E-state index in [0.717, 1.165) is 49.3 Å². The van der Waals surface area contributed by atoms with Crippen molar-refractivity contribution in [2.75, 3.05) is 45.9 Å². The molecule has 38 heavy (non-hydrogen) atoms. The Bertz CT molecular complexity index is 1180. The third-order valence-corrected chi connectivity index (χ3v) is 9.01. The number of hydrogen-bond donors (Lipinski definition) is 1. The van der Waals surface area contributed by atoms with Crippen LogP contribution in [-0.2, 0) is 35.7 Å². The lowest BCUT2D eigenvalue weighted by Crippen LogP contribution is -2.52. The minimum absolute atomic E-state index is 0.184. The zero-order valence-electron chi connectivity index (χ0n) is 22.4. The Kier molecular flexibility index (Phi) is 7.27. The molecule has 2 saturated heterocycles. The highest BCUT2D eigenvalue weighted by Crippen LogP contribution is 2.60. The van der Waals surface area contributed by atoms with Crippen LogP contribution < -0.4 is 5.32 Å². The fourth-order valence-corrected chi connectivity index (χ4v) is 7.56. The molecule has 4 atom stereocenters. The first-order chi connectivity index (χ1) is 18.7. The Labute approximate surface area is 225 Å². The number of nitrogens with zero attached hydrogens (tertiary/aromatic N) is 1. The number of nitrogens with one attached hydrogen (secondary N) is 1. The Morgan fingerprint density at radius 3 is 2.63 bits per heavy atom. The summed E-state index contributed by atoms with van der Waals surface area (Å²) >= 11 is 0. The van der Waals surface area contributed by atoms with E-state index in [9.17, 15) is 4.79 Å². The number of hydrogen-bond acceptors (Lipinski definition) is 7. The molecule has 2 aromatic rings. The molecular formula is C31H38N2O5. The van der Waals surface area contributed by atoms with E-state index >= 15 is 0 Å². The van der Waals surface area contributed by atoms with Crippen molar-refractivity contribution in [3.63, 3.8) is 0 Å². The number of carbonyl (C=O) groups excluding carboxylic acids is 1. The van der Waals surface area contributed by atoms with Gasteiger partial charge in [0.25, 0.3) is 0 Å². The van der Waals surface area contributed by atoms with Gasteiger partial charge in [0.2, 0.25) is 0 Å². The van der Waals surface area contributed by atoms with Gasteiger partial charge in [0.1, 0.15) is 0 Å². The highest BCUT2D eigenvalue weighted by molar-refractivity contribution is 5.93. The smallest absolute Gasteiger partial charge is 0.335 e. The highest BCUT2D eigenvalue weighted by Gasteiger charge is 2.61. The van der Waals surface area contributed by atoms with Gasteiger partial charge in [-0.15, -0.1) is 0 Å². The standard InChI is InChI=1S/C31H38N2O5/c1-35-15-12-22(30-37-16-17-38-30)18-23-19-24(29(34)36-2)27-31(25-10-6-7-11-26(25)32-27)13-14-33(28(23)31)20-21-8-4-3-5-9-21/h3-11,22-23,28,30,32H,12-20H2,1-2H3/t22?,23-,28+,31+/m0/s1. The molecule has 7 heteroatoms. The number of carbonyl (C=O) groups is 1. The maximum absolute atomic E-state index is 13.3. The summed E-state index contributed by atoms with van der Waals surface area (Å²) in [6, 6.07) is 19.5. The Morgan fingerprint density at radius 2 is 1.87 bits per heavy atom. The molecule has 1 aliphatic carbocycles. The van der Waals surface area contributed by atoms with Crippen molar-refractivity contribution >= 4 is 11.7 Å². The van der Waals surface area contributed by atoms with Crippen LogP contribution >= 0.6 is 0 Å². The molecule has 2 aromatic carbocycles. The molecule has 1 unspecified atom stereocenters. The minimum atomic E-state index is -0.277. The molecule has 1 spiro atoms. The monoisotopic (exact) mass is 518 g/mol. The Balaban J connectivity index is 1.44. The molecule has 2 fully saturated rings. The van der Waals surface area contributed by atoms with Gasteiger partial charge in [-0.3, -0.25) is 4.90 Å². The molecule has 0 saturated carbocycles. The van der Waals surface area contributed by atoms with Crippen LogP contribution in [0, 0.1) is 11.8 Å². The predicted molar refractivity (Wildman–Crippen MR) is 144 cm³/mol. The van der Waals surface area contributed by atoms with E-state index in [4.69, 9.17) is 18.9 Å². The lowest BCUT2D eigenvalue weighted by Gasteiger charge is -2.47. The van der Waals surface area contributed by atoms with Crippen LogP contribution in [0.1, 0.15) is 36.8 Å². The largest absolute Gasteiger partial charge is 0.466 e. The van der Waals surface area contributed by atoms with E-state index in [-0.39, 0.29) is 35.6 Å². The van der Waals surface area contributed by atoms with Crippen molar-refractivity contribution in [1.82, 2.24) is 4.90 Å². The molecule has 202 valence electrons. The van der Waals surface area contributed by atoms with Gasteiger partial charge in [-0.1, -0.05) is 48.5 Å². The third kappa shape index (κ3) is 4.35. The number of methoxy groups -OCH3 is 2. The molecular weight excluding hydrogens is 480 g/mol. The van der Waals surface area contributed by atoms with E-state index in [1.54, 1.807) is 7.11 Å². The van der Waals surface area contributed by atoms with Crippen LogP contribution in [0.3, 0.4) is 0 Å². The van der Waals surface area contributed by atoms with Crippen molar-refractivity contribution in [2.24, 2.45) is 11.8 Å². The third-order valence-electron chi connectivity index (χ3n) is 9.01. The number of likely N-dealkylation sites (tertiary alicyclic amines) is 1. The summed E-state index contributed by atoms with van der Waals surface area (Å²) in [5.74, 6) is 0.178. The van der Waals surface area contributed by atoms with Gasteiger partial charge >= 0.3 is 5.97 Å². The summed E-state index contributed by atoms with van der Waals surface area (Å²) in [5, 5.41) is 3.69. The van der Waals surface area contributed by atoms with Crippen molar-refractivity contribution in [3.05, 3.63) is 77.0 Å². The first-order valence-electron chi connectivity index (χ1n) is 13.8. The summed E-state index contributed by atoms with van der Waals surface area (Å²) in [5.41, 5.74) is 5.26. The lowest BCUT2D eigenvalue weighted by molar-refractivity contribution is -0.137. The maximum Gasteiger partial charge on any atom is 0.335 e. The summed E-state index contributed by atoms with van der Waals surface area (Å²) < 4.78 is 22.9. The summed E-state index contributed by atoms with van der Waals surface area (Å²) in [7, 11) is 3.23. The maximum atomic E-state index is 13.3. The molecule has 0 amide bonds. The van der Waals surface area contributed by atoms with Crippen molar-refractivity contribution < 1.29 is 23.7 Å². The van der Waals surface area contributed by atoms with Crippen LogP contribution in [0.15, 0.2) is 65.9 Å². The number of fused-ring (bicyclic) bond motifs is 1. The SMILES string of the molecule is COCCC(C[C@H]1CC(C(=O)OC)=C2Nc3ccccc3[C@]23CCN(Cc2ccccc2)[C@H]13)C1OCCO1. The average Bonchev–Trinajstić information content (AvgIpc) is 3.69. The minimum Gasteiger partial charge on any atom is -0.466 e. The average molecular weight is 519 g/mol. The van der Waals surface area contributed by atoms with E-state index in [1.165, 1.54) is 18.2 Å². The van der Waals surface area contributed by atoms with Crippen LogP contribution in [0.5, 0.6) is 0 Å². The van der Waals surface area contributed by atoms with Gasteiger partial charge in [-0.05, 0) is 48.8 Å². The molecule has 0 aromatic heterocycles. The van der Waals surface area contributed by atoms with Gasteiger partial charge in [0, 0.05) is 50.2 Å². The Morgan fingerprint density at radius 1 is 1.11 bits per heavy atom. The van der Waals surface area contributed by atoms with Crippen molar-refractivity contribution in [2.45, 2.75) is 50.0 Å². The van der Waals surface area contributed by atoms with Crippen LogP contribution in [-0.4, -0.2) is 63.8 Å². The van der Waals surface area contributed by atoms with Gasteiger partial charge in [-0.2, -0.15) is 0 Å². The van der Waals surface area contributed by atoms with Gasteiger partial charge in [0.15, 0.2) is 6.29 Å². The first-order valence-corrected chi connectivity index (χ1v) is 13.8. The summed E-state index contributed by atoms with van der Waals surface area (Å²) in [6.07, 6.45) is 3.14. The zero-order valence-corrected chi connectivity index (χ0v) is 22.4. The summed E-state index contributed by atoms with van der Waals surface area (Å²) in [6.45, 7) is 3.75. The molecule has 4 aliphatic rings. The van der Waals surface area contributed by atoms with E-state index in [1.807, 2.05) is 0 Å². The number of rotatable bonds is 9. The molecule has 3 aliphatic heterocycles. The first kappa shape index (κ1) is 25.6. The second-order valence-corrected chi connectivity index (χ2v) is 11.0. The van der Waals surface area contributed by atoms with E-state index in [0.29, 0.717) is 26.2 Å². The van der Waals surface area contributed by atoms with Gasteiger partial charge in [0.05, 0.1) is 31.3 Å². The number of ether oxygens (including phenoxy) is 4. The van der Waals surface area contributed by atoms with E-state index in [2.05, 4.69) is 64.8 Å². The van der Waals surface area contributed by atoms with E-state index < -0.39 is 0 Å². The highest BCUT2D eigenvalue weighted by atomic mass is 16.7. The second-order valence-electron chi connectivity index (χ2n) is 11.0. The zero-order chi connectivity index (χ0) is 26.1. The van der Waals surface area contributed by atoms with Crippen LogP contribution in [0.2, 0.25) is 0 Å². The fourth-order valence-electron chi connectivity index (χ4n) is 7.56. The molecule has 1 N–H and O–H groups in total. The fraction of sp³-hybridized carbons (Fsp3) is 0.516. The topological polar surface area (TPSA) is 69.3 Å². The molecule has 7 nitrogen and oxygen atoms in total. The predicted octanol–water partition coefficient (Wildman–Crippen LogP) is 4.49. The quantitative estimate of drug-likeness (QED) is 0.491. The van der Waals surface area contributed by atoms with Crippen LogP contribution in [0.25, 0.3) is 0 Å². The molecule has 6 rings (SSSR count). The number of esters is 1. The van der Waals surface area contributed by atoms with Crippen molar-refractivity contribution in [1.29, 1.82) is 0 Å². The van der Waals surface area contributed by atoms with Crippen LogP contribution in [0.4, 0.5) is 5.69 Å². The number of para-hydroxylation sites is 1. The molecule has 0 bridgehead atoms. The summed E-state index contributed by atoms with van der Waals surface area (Å²) in [4.78, 5) is 15.9. The van der Waals surface area contributed by atoms with Crippen molar-refractivity contribution in [3.8, 4) is 0 Å². The van der Waals surface area contributed by atoms with Gasteiger partial charge < -0.3 is 24.3 Å². The lowest BCUT2D eigenvalue weighted by atomic mass is 9.61.